The second-order valence-corrected chi connectivity index (χ2v) is 4.73. The molecule has 2 nitrogen and oxygen atoms in total. The highest BCUT2D eigenvalue weighted by Crippen LogP contribution is 1.97. The van der Waals surface area contributed by atoms with Crippen molar-refractivity contribution in [1.82, 2.24) is 0 Å². The molecule has 0 fully saturated rings. The van der Waals surface area contributed by atoms with Gasteiger partial charge in [0.1, 0.15) is 6.54 Å². The van der Waals surface area contributed by atoms with E-state index in [4.69, 9.17) is 0 Å². The Kier molecular flexibility index (Phi) is 5.03. The van der Waals surface area contributed by atoms with Gasteiger partial charge in [-0.1, -0.05) is 17.7 Å². The molecule has 0 amide bonds. The van der Waals surface area contributed by atoms with Crippen LogP contribution in [0.1, 0.15) is 6.92 Å². The predicted molar refractivity (Wildman–Crippen MR) is 53.8 cm³/mol. The Bertz CT molecular complexity index is 207. The van der Waals surface area contributed by atoms with Gasteiger partial charge in [0.05, 0.1) is 26.9 Å². The van der Waals surface area contributed by atoms with Crippen LogP contribution in [0.25, 0.3) is 0 Å². The molecule has 0 aromatic rings. The summed E-state index contributed by atoms with van der Waals surface area (Å²) in [6, 6.07) is 0. The van der Waals surface area contributed by atoms with Crippen LogP contribution in [0.4, 0.5) is 0 Å². The highest BCUT2D eigenvalue weighted by atomic mass is 32.2. The Morgan fingerprint density at radius 3 is 2.33 bits per heavy atom. The third-order valence-corrected chi connectivity index (χ3v) is 1.72. The normalized spacial score (nSPS) is 10.3. The highest BCUT2D eigenvalue weighted by Gasteiger charge is 2.01. The summed E-state index contributed by atoms with van der Waals surface area (Å²) in [7, 11) is 6.27. The van der Waals surface area contributed by atoms with Crippen LogP contribution in [0.5, 0.6) is 0 Å². The summed E-state index contributed by atoms with van der Waals surface area (Å²) < 4.78 is 0.845. The molecule has 0 N–H and O–H groups in total. The molecule has 0 saturated carbocycles. The van der Waals surface area contributed by atoms with Crippen LogP contribution >= 0.6 is 11.8 Å². The lowest BCUT2D eigenvalue weighted by atomic mass is 10.5. The minimum Gasteiger partial charge on any atom is -0.321 e. The van der Waals surface area contributed by atoms with E-state index in [-0.39, 0.29) is 5.12 Å². The Labute approximate surface area is 78.9 Å². The quantitative estimate of drug-likeness (QED) is 0.472. The van der Waals surface area contributed by atoms with Gasteiger partial charge in [-0.15, -0.1) is 0 Å². The standard InChI is InChI=1S/C9H16NOS/c1-9(11)12-8-6-5-7-10(2,3)4/h7-8H2,1-4H3/q+1. The van der Waals surface area contributed by atoms with Crippen molar-refractivity contribution in [3.63, 3.8) is 0 Å². The van der Waals surface area contributed by atoms with E-state index in [0.717, 1.165) is 11.0 Å². The molecule has 3 heteroatoms. The monoisotopic (exact) mass is 186 g/mol. The molecule has 0 aliphatic heterocycles. The van der Waals surface area contributed by atoms with Crippen LogP contribution in [0.15, 0.2) is 0 Å². The van der Waals surface area contributed by atoms with Gasteiger partial charge in [-0.2, -0.15) is 0 Å². The van der Waals surface area contributed by atoms with Crippen molar-refractivity contribution in [3.05, 3.63) is 0 Å². The minimum absolute atomic E-state index is 0.134. The summed E-state index contributed by atoms with van der Waals surface area (Å²) in [5, 5.41) is 0.134. The zero-order chi connectivity index (χ0) is 9.61. The average Bonchev–Trinajstić information content (AvgIpc) is 1.83. The number of rotatable bonds is 2. The molecular weight excluding hydrogens is 170 g/mol. The van der Waals surface area contributed by atoms with E-state index in [2.05, 4.69) is 33.0 Å². The first-order valence-corrected chi connectivity index (χ1v) is 4.80. The fraction of sp³-hybridized carbons (Fsp3) is 0.667. The lowest BCUT2D eigenvalue weighted by molar-refractivity contribution is -0.862. The van der Waals surface area contributed by atoms with Gasteiger partial charge in [0.2, 0.25) is 0 Å². The summed E-state index contributed by atoms with van der Waals surface area (Å²) >= 11 is 1.26. The molecule has 12 heavy (non-hydrogen) atoms. The Balaban J connectivity index is 3.55. The third kappa shape index (κ3) is 9.54. The van der Waals surface area contributed by atoms with Crippen molar-refractivity contribution in [2.75, 3.05) is 33.4 Å². The van der Waals surface area contributed by atoms with Crippen LogP contribution in [-0.4, -0.2) is 43.0 Å². The van der Waals surface area contributed by atoms with Crippen molar-refractivity contribution in [2.24, 2.45) is 0 Å². The number of carbonyl (C=O) groups is 1. The molecule has 0 aliphatic rings. The molecule has 0 spiro atoms. The summed E-state index contributed by atoms with van der Waals surface area (Å²) in [5.41, 5.74) is 0. The molecule has 0 unspecified atom stereocenters. The maximum Gasteiger partial charge on any atom is 0.186 e. The van der Waals surface area contributed by atoms with Gasteiger partial charge in [0, 0.05) is 6.92 Å². The largest absolute Gasteiger partial charge is 0.321 e. The molecule has 68 valence electrons. The number of thioether (sulfide) groups is 1. The molecule has 0 bridgehead atoms. The smallest absolute Gasteiger partial charge is 0.186 e. The zero-order valence-electron chi connectivity index (χ0n) is 8.18. The first kappa shape index (κ1) is 11.5. The van der Waals surface area contributed by atoms with E-state index in [0.29, 0.717) is 5.75 Å². The molecule has 0 aromatic carbocycles. The van der Waals surface area contributed by atoms with Crippen molar-refractivity contribution in [2.45, 2.75) is 6.92 Å². The maximum atomic E-state index is 10.5. The lowest BCUT2D eigenvalue weighted by Gasteiger charge is -2.19. The van der Waals surface area contributed by atoms with Gasteiger partial charge in [0.25, 0.3) is 0 Å². The van der Waals surface area contributed by atoms with E-state index in [9.17, 15) is 4.79 Å². The second kappa shape index (κ2) is 5.23. The van der Waals surface area contributed by atoms with E-state index >= 15 is 0 Å². The average molecular weight is 186 g/mol. The zero-order valence-corrected chi connectivity index (χ0v) is 8.99. The summed E-state index contributed by atoms with van der Waals surface area (Å²) in [6.07, 6.45) is 0. The molecular formula is C9H16NOS+. The highest BCUT2D eigenvalue weighted by molar-refractivity contribution is 8.13. The number of quaternary nitrogens is 1. The predicted octanol–water partition coefficient (Wildman–Crippen LogP) is 0.976. The second-order valence-electron chi connectivity index (χ2n) is 3.58. The molecule has 0 atom stereocenters. The molecule has 0 saturated heterocycles. The van der Waals surface area contributed by atoms with Gasteiger partial charge in [0.15, 0.2) is 5.12 Å². The van der Waals surface area contributed by atoms with Crippen LogP contribution in [0.3, 0.4) is 0 Å². The van der Waals surface area contributed by atoms with Crippen LogP contribution in [0.2, 0.25) is 0 Å². The maximum absolute atomic E-state index is 10.5. The van der Waals surface area contributed by atoms with E-state index in [1.54, 1.807) is 6.92 Å². The first-order chi connectivity index (χ1) is 5.42. The van der Waals surface area contributed by atoms with Gasteiger partial charge < -0.3 is 4.48 Å². The summed E-state index contributed by atoms with van der Waals surface area (Å²) in [5.74, 6) is 6.60. The van der Waals surface area contributed by atoms with Crippen molar-refractivity contribution >= 4 is 16.9 Å². The first-order valence-electron chi connectivity index (χ1n) is 3.81. The fourth-order valence-corrected chi connectivity index (χ4v) is 0.859. The van der Waals surface area contributed by atoms with Crippen LogP contribution < -0.4 is 0 Å². The van der Waals surface area contributed by atoms with E-state index in [1.807, 2.05) is 0 Å². The number of hydrogen-bond donors (Lipinski definition) is 0. The lowest BCUT2D eigenvalue weighted by Crippen LogP contribution is -2.34. The third-order valence-electron chi connectivity index (χ3n) is 1.03. The minimum atomic E-state index is 0.134. The molecule has 0 radical (unpaired) electrons. The van der Waals surface area contributed by atoms with E-state index in [1.165, 1.54) is 11.8 Å². The SMILES string of the molecule is CC(=O)SCC#CC[N+](C)(C)C. The summed E-state index contributed by atoms with van der Waals surface area (Å²) in [4.78, 5) is 10.5. The molecule has 0 aromatic heterocycles. The van der Waals surface area contributed by atoms with Crippen LogP contribution in [-0.2, 0) is 4.79 Å². The van der Waals surface area contributed by atoms with Crippen molar-refractivity contribution in [3.8, 4) is 11.8 Å². The van der Waals surface area contributed by atoms with Gasteiger partial charge >= 0.3 is 0 Å². The van der Waals surface area contributed by atoms with E-state index < -0.39 is 0 Å². The Morgan fingerprint density at radius 2 is 1.92 bits per heavy atom. The van der Waals surface area contributed by atoms with Gasteiger partial charge in [-0.05, 0) is 5.92 Å². The van der Waals surface area contributed by atoms with Gasteiger partial charge in [-0.3, -0.25) is 4.79 Å². The Morgan fingerprint density at radius 1 is 1.33 bits per heavy atom. The Hall–Kier alpha value is -0.460. The molecule has 0 heterocycles. The van der Waals surface area contributed by atoms with Crippen molar-refractivity contribution in [1.29, 1.82) is 0 Å². The van der Waals surface area contributed by atoms with Crippen LogP contribution in [0, 0.1) is 11.8 Å². The van der Waals surface area contributed by atoms with Gasteiger partial charge in [-0.25, -0.2) is 0 Å². The topological polar surface area (TPSA) is 17.1 Å². The number of nitrogens with zero attached hydrogens (tertiary/aromatic N) is 1. The molecule has 0 rings (SSSR count). The summed E-state index contributed by atoms with van der Waals surface area (Å²) in [6.45, 7) is 2.39. The number of hydrogen-bond acceptors (Lipinski definition) is 2. The fourth-order valence-electron chi connectivity index (χ4n) is 0.482. The van der Waals surface area contributed by atoms with Crippen molar-refractivity contribution < 1.29 is 9.28 Å². The number of carbonyl (C=O) groups excluding carboxylic acids is 1. The molecule has 0 aliphatic carbocycles.